The van der Waals surface area contributed by atoms with Crippen molar-refractivity contribution >= 4 is 5.71 Å². The minimum absolute atomic E-state index is 0.641. The Morgan fingerprint density at radius 2 is 2.41 bits per heavy atom. The van der Waals surface area contributed by atoms with Crippen LogP contribution in [0.2, 0.25) is 0 Å². The third kappa shape index (κ3) is 1.86. The summed E-state index contributed by atoms with van der Waals surface area (Å²) in [5.74, 6) is 3.67. The van der Waals surface area contributed by atoms with Crippen molar-refractivity contribution in [3.8, 4) is 0 Å². The first kappa shape index (κ1) is 10.8. The monoisotopic (exact) mass is 232 g/mol. The molecule has 0 bridgehead atoms. The van der Waals surface area contributed by atoms with Crippen LogP contribution in [0.5, 0.6) is 0 Å². The lowest BCUT2D eigenvalue weighted by molar-refractivity contribution is 0.328. The molecule has 3 rings (SSSR count). The lowest BCUT2D eigenvalue weighted by Gasteiger charge is -2.28. The number of allylic oxidation sites excluding steroid dienone is 1. The average Bonchev–Trinajstić information content (AvgIpc) is 3.06. The van der Waals surface area contributed by atoms with Gasteiger partial charge in [0, 0.05) is 31.3 Å². The molecule has 1 saturated carbocycles. The summed E-state index contributed by atoms with van der Waals surface area (Å²) < 4.78 is 0. The summed E-state index contributed by atoms with van der Waals surface area (Å²) in [7, 11) is 1.96. The molecule has 17 heavy (non-hydrogen) atoms. The van der Waals surface area contributed by atoms with E-state index in [1.807, 2.05) is 12.1 Å². The molecule has 0 amide bonds. The maximum absolute atomic E-state index is 4.80. The molecule has 1 aliphatic carbocycles. The fourth-order valence-corrected chi connectivity index (χ4v) is 2.73. The van der Waals surface area contributed by atoms with Crippen LogP contribution in [-0.2, 0) is 0 Å². The van der Waals surface area contributed by atoms with Crippen LogP contribution in [0.25, 0.3) is 0 Å². The van der Waals surface area contributed by atoms with Gasteiger partial charge in [-0.05, 0) is 31.3 Å². The van der Waals surface area contributed by atoms with Gasteiger partial charge in [-0.25, -0.2) is 15.4 Å². The van der Waals surface area contributed by atoms with Crippen molar-refractivity contribution in [2.24, 2.45) is 16.8 Å². The van der Waals surface area contributed by atoms with E-state index >= 15 is 0 Å². The van der Waals surface area contributed by atoms with E-state index in [0.717, 1.165) is 24.1 Å². The smallest absolute Gasteiger partial charge is 0.146 e. The Labute approximate surface area is 102 Å². The van der Waals surface area contributed by atoms with Crippen LogP contribution in [0.3, 0.4) is 0 Å². The highest BCUT2D eigenvalue weighted by molar-refractivity contribution is 5.99. The van der Waals surface area contributed by atoms with E-state index in [4.69, 9.17) is 4.99 Å². The van der Waals surface area contributed by atoms with E-state index in [1.54, 1.807) is 0 Å². The summed E-state index contributed by atoms with van der Waals surface area (Å²) in [6.07, 6.45) is 8.28. The van der Waals surface area contributed by atoms with Crippen LogP contribution in [0.1, 0.15) is 26.2 Å². The molecule has 2 aliphatic heterocycles. The van der Waals surface area contributed by atoms with Crippen molar-refractivity contribution in [1.82, 2.24) is 15.8 Å². The van der Waals surface area contributed by atoms with Crippen LogP contribution >= 0.6 is 0 Å². The van der Waals surface area contributed by atoms with Crippen molar-refractivity contribution in [1.29, 1.82) is 0 Å². The Bertz CT molecular complexity index is 404. The molecule has 0 aromatic carbocycles. The van der Waals surface area contributed by atoms with E-state index in [0.29, 0.717) is 5.92 Å². The van der Waals surface area contributed by atoms with Gasteiger partial charge in [0.25, 0.3) is 0 Å². The van der Waals surface area contributed by atoms with Crippen molar-refractivity contribution in [2.75, 3.05) is 13.6 Å². The van der Waals surface area contributed by atoms with Crippen LogP contribution < -0.4 is 10.7 Å². The van der Waals surface area contributed by atoms with Gasteiger partial charge >= 0.3 is 0 Å². The summed E-state index contributed by atoms with van der Waals surface area (Å²) >= 11 is 0. The van der Waals surface area contributed by atoms with E-state index in [2.05, 4.69) is 29.8 Å². The molecule has 2 heterocycles. The van der Waals surface area contributed by atoms with Crippen molar-refractivity contribution in [3.63, 3.8) is 0 Å². The second-order valence-corrected chi connectivity index (χ2v) is 4.93. The number of rotatable bonds is 4. The van der Waals surface area contributed by atoms with Crippen LogP contribution in [-0.4, -0.2) is 24.3 Å². The van der Waals surface area contributed by atoms with Gasteiger partial charge in [0.1, 0.15) is 11.6 Å². The zero-order valence-electron chi connectivity index (χ0n) is 10.5. The number of aliphatic imine (C=N–C) groups is 1. The van der Waals surface area contributed by atoms with Gasteiger partial charge in [-0.3, -0.25) is 0 Å². The van der Waals surface area contributed by atoms with E-state index in [9.17, 15) is 0 Å². The highest BCUT2D eigenvalue weighted by atomic mass is 15.6. The molecular formula is C13H20N4. The molecule has 1 unspecified atom stereocenters. The largest absolute Gasteiger partial charge is 0.373 e. The molecule has 4 nitrogen and oxygen atoms in total. The first-order valence-corrected chi connectivity index (χ1v) is 6.55. The predicted molar refractivity (Wildman–Crippen MR) is 69.0 cm³/mol. The summed E-state index contributed by atoms with van der Waals surface area (Å²) in [6.45, 7) is 3.14. The maximum atomic E-state index is 4.80. The number of hydrogen-bond acceptors (Lipinski definition) is 4. The Balaban J connectivity index is 1.90. The first-order chi connectivity index (χ1) is 8.33. The fourth-order valence-electron chi connectivity index (χ4n) is 2.73. The lowest BCUT2D eigenvalue weighted by Crippen LogP contribution is -2.39. The third-order valence-corrected chi connectivity index (χ3v) is 3.80. The van der Waals surface area contributed by atoms with Crippen LogP contribution in [0.4, 0.5) is 0 Å². The lowest BCUT2D eigenvalue weighted by atomic mass is 9.94. The molecule has 92 valence electrons. The number of hydrogen-bond donors (Lipinski definition) is 2. The Morgan fingerprint density at radius 1 is 1.59 bits per heavy atom. The van der Waals surface area contributed by atoms with Crippen LogP contribution in [0, 0.1) is 11.8 Å². The molecule has 2 N–H and O–H groups in total. The minimum Gasteiger partial charge on any atom is -0.373 e. The number of nitrogens with zero attached hydrogens (tertiary/aromatic N) is 2. The second-order valence-electron chi connectivity index (χ2n) is 4.93. The molecule has 0 radical (unpaired) electrons. The summed E-state index contributed by atoms with van der Waals surface area (Å²) in [6, 6.07) is 0. The summed E-state index contributed by atoms with van der Waals surface area (Å²) in [5, 5.41) is 5.28. The first-order valence-electron chi connectivity index (χ1n) is 6.55. The quantitative estimate of drug-likeness (QED) is 0.773. The van der Waals surface area contributed by atoms with Gasteiger partial charge in [0.05, 0.1) is 0 Å². The molecule has 1 fully saturated rings. The zero-order chi connectivity index (χ0) is 11.8. The Kier molecular flexibility index (Phi) is 2.67. The molecular weight excluding hydrogens is 212 g/mol. The van der Waals surface area contributed by atoms with Crippen LogP contribution in [0.15, 0.2) is 28.8 Å². The molecule has 0 saturated heterocycles. The Morgan fingerprint density at radius 3 is 3.06 bits per heavy atom. The molecule has 4 heteroatoms. The van der Waals surface area contributed by atoms with E-state index in [-0.39, 0.29) is 0 Å². The molecule has 0 aromatic heterocycles. The fraction of sp³-hybridized carbons (Fsp3) is 0.615. The minimum atomic E-state index is 0.641. The topological polar surface area (TPSA) is 39.7 Å². The number of fused-ring (bicyclic) bond motifs is 1. The van der Waals surface area contributed by atoms with Crippen molar-refractivity contribution in [2.45, 2.75) is 26.2 Å². The highest BCUT2D eigenvalue weighted by Crippen LogP contribution is 2.40. The summed E-state index contributed by atoms with van der Waals surface area (Å²) in [4.78, 5) is 4.80. The normalized spacial score (nSPS) is 24.8. The summed E-state index contributed by atoms with van der Waals surface area (Å²) in [5.41, 5.74) is 4.54. The van der Waals surface area contributed by atoms with Crippen molar-refractivity contribution in [3.05, 3.63) is 23.8 Å². The molecule has 3 aliphatic rings. The standard InChI is InChI=1S/C13H20N4/c1-3-10(9-4-5-9)11-8-13(14-2)17-12(16-11)6-7-15-17/h6,8-10,14-15H,3-5,7H2,1-2H3. The van der Waals surface area contributed by atoms with Gasteiger partial charge in [-0.2, -0.15) is 0 Å². The SMILES string of the molecule is CCC(C1=NC2=CCNN2C(NC)=C1)C1CC1. The molecule has 0 spiro atoms. The number of hydrazine groups is 1. The van der Waals surface area contributed by atoms with Gasteiger partial charge in [-0.1, -0.05) is 6.92 Å². The average molecular weight is 232 g/mol. The molecule has 1 atom stereocenters. The van der Waals surface area contributed by atoms with Gasteiger partial charge in [0.15, 0.2) is 0 Å². The second kappa shape index (κ2) is 4.18. The number of nitrogens with one attached hydrogen (secondary N) is 2. The van der Waals surface area contributed by atoms with Crippen molar-refractivity contribution < 1.29 is 0 Å². The van der Waals surface area contributed by atoms with E-state index in [1.165, 1.54) is 25.0 Å². The maximum Gasteiger partial charge on any atom is 0.146 e. The zero-order valence-corrected chi connectivity index (χ0v) is 10.5. The highest BCUT2D eigenvalue weighted by Gasteiger charge is 2.35. The Hall–Kier alpha value is -1.29. The van der Waals surface area contributed by atoms with Gasteiger partial charge < -0.3 is 5.32 Å². The van der Waals surface area contributed by atoms with Gasteiger partial charge in [-0.15, -0.1) is 0 Å². The predicted octanol–water partition coefficient (Wildman–Crippen LogP) is 1.60. The third-order valence-electron chi connectivity index (χ3n) is 3.80. The van der Waals surface area contributed by atoms with E-state index < -0.39 is 0 Å². The molecule has 0 aromatic rings. The van der Waals surface area contributed by atoms with Gasteiger partial charge in [0.2, 0.25) is 0 Å².